The monoisotopic (exact) mass is 1470 g/mol. The second-order valence-electron chi connectivity index (χ2n) is 26.3. The van der Waals surface area contributed by atoms with Crippen LogP contribution in [0.1, 0.15) is 323 Å². The van der Waals surface area contributed by atoms with E-state index in [4.69, 9.17) is 37.0 Å². The summed E-state index contributed by atoms with van der Waals surface area (Å²) in [5.74, 6) is -2.27. The van der Waals surface area contributed by atoms with E-state index in [1.54, 1.807) is 0 Å². The number of aliphatic hydroxyl groups is 1. The number of rotatable bonds is 74. The van der Waals surface area contributed by atoms with E-state index in [-0.39, 0.29) is 25.7 Å². The van der Waals surface area contributed by atoms with Gasteiger partial charge in [0.1, 0.15) is 19.3 Å². The van der Waals surface area contributed by atoms with Gasteiger partial charge >= 0.3 is 39.5 Å². The quantitative estimate of drug-likeness (QED) is 0.0169. The first kappa shape index (κ1) is 97.5. The minimum atomic E-state index is -5.00. The Kier molecular flexibility index (Phi) is 71.4. The van der Waals surface area contributed by atoms with Crippen molar-refractivity contribution in [3.05, 3.63) is 122 Å². The van der Waals surface area contributed by atoms with E-state index in [0.29, 0.717) is 32.1 Å². The Morgan fingerprint density at radius 1 is 0.284 bits per heavy atom. The fourth-order valence-corrected chi connectivity index (χ4v) is 11.9. The fourth-order valence-electron chi connectivity index (χ4n) is 10.4. The lowest BCUT2D eigenvalue weighted by Gasteiger charge is -2.21. The molecule has 586 valence electrons. The lowest BCUT2D eigenvalue weighted by atomic mass is 10.0. The van der Waals surface area contributed by atoms with Crippen LogP contribution in [0.2, 0.25) is 0 Å². The van der Waals surface area contributed by atoms with Crippen molar-refractivity contribution in [2.45, 2.75) is 341 Å². The predicted octanol–water partition coefficient (Wildman–Crippen LogP) is 23.1. The second kappa shape index (κ2) is 74.7. The van der Waals surface area contributed by atoms with Gasteiger partial charge in [-0.3, -0.25) is 37.3 Å². The lowest BCUT2D eigenvalue weighted by Crippen LogP contribution is -2.30. The van der Waals surface area contributed by atoms with Crippen LogP contribution in [-0.4, -0.2) is 96.7 Å². The number of allylic oxidation sites excluding steroid dienone is 20. The number of hydrogen-bond donors (Lipinski definition) is 3. The van der Waals surface area contributed by atoms with Crippen molar-refractivity contribution in [2.75, 3.05) is 39.6 Å². The van der Waals surface area contributed by atoms with Gasteiger partial charge in [-0.15, -0.1) is 0 Å². The third-order valence-electron chi connectivity index (χ3n) is 16.4. The molecule has 0 heterocycles. The molecule has 0 aliphatic rings. The standard InChI is InChI=1S/C83H142O17P2/c1-5-9-13-17-21-25-29-33-36-38-41-45-48-52-56-60-64-68-81(86)94-74-79(100-83(88)70-66-62-58-54-50-46-42-39-37-34-30-26-22-18-14-10-6-2)76-98-102(91,92)96-72-77(84)71-95-101(89,90)97-75-78(99-82(87)69-65-61-57-53-49-43-32-28-24-20-16-12-8-4)73-93-80(85)67-63-59-55-51-47-44-40-35-31-27-23-19-15-11-7-3/h9,13,21-23,25-27,33-37,40-42,45-46,54,58,77-79,84H,5-8,10-12,14-20,24,28-32,38-39,43-44,47-53,55-57,59-76H2,1-4H3,(H,89,90)(H,91,92). The minimum absolute atomic E-state index is 0.0112. The van der Waals surface area contributed by atoms with Gasteiger partial charge in [0.25, 0.3) is 0 Å². The largest absolute Gasteiger partial charge is 0.472 e. The zero-order valence-electron chi connectivity index (χ0n) is 64.0. The molecule has 19 heteroatoms. The van der Waals surface area contributed by atoms with E-state index < -0.39 is 97.5 Å². The molecule has 0 aliphatic heterocycles. The summed E-state index contributed by atoms with van der Waals surface area (Å²) in [5.41, 5.74) is 0. The summed E-state index contributed by atoms with van der Waals surface area (Å²) >= 11 is 0. The molecule has 0 aromatic rings. The molecule has 0 bridgehead atoms. The van der Waals surface area contributed by atoms with Gasteiger partial charge in [0, 0.05) is 25.7 Å². The molecule has 0 saturated carbocycles. The number of hydrogen-bond acceptors (Lipinski definition) is 15. The van der Waals surface area contributed by atoms with Gasteiger partial charge < -0.3 is 33.8 Å². The van der Waals surface area contributed by atoms with Crippen molar-refractivity contribution in [1.29, 1.82) is 0 Å². The van der Waals surface area contributed by atoms with E-state index in [2.05, 4.69) is 137 Å². The maximum absolute atomic E-state index is 13.1. The lowest BCUT2D eigenvalue weighted by molar-refractivity contribution is -0.161. The number of carbonyl (C=O) groups excluding carboxylic acids is 4. The fraction of sp³-hybridized carbons (Fsp3) is 0.711. The van der Waals surface area contributed by atoms with Crippen LogP contribution in [-0.2, 0) is 65.4 Å². The molecule has 3 N–H and O–H groups in total. The number of carbonyl (C=O) groups is 4. The van der Waals surface area contributed by atoms with E-state index in [1.165, 1.54) is 89.9 Å². The molecule has 0 aromatic carbocycles. The second-order valence-corrected chi connectivity index (χ2v) is 29.2. The topological polar surface area (TPSA) is 237 Å². The molecule has 5 unspecified atom stereocenters. The Morgan fingerprint density at radius 2 is 0.520 bits per heavy atom. The van der Waals surface area contributed by atoms with Crippen molar-refractivity contribution in [3.63, 3.8) is 0 Å². The third-order valence-corrected chi connectivity index (χ3v) is 18.3. The first-order chi connectivity index (χ1) is 49.7. The van der Waals surface area contributed by atoms with Crippen molar-refractivity contribution in [2.24, 2.45) is 0 Å². The molecule has 0 aromatic heterocycles. The van der Waals surface area contributed by atoms with Gasteiger partial charge in [-0.25, -0.2) is 9.13 Å². The van der Waals surface area contributed by atoms with Crippen LogP contribution < -0.4 is 0 Å². The number of ether oxygens (including phenoxy) is 4. The highest BCUT2D eigenvalue weighted by Gasteiger charge is 2.30. The summed E-state index contributed by atoms with van der Waals surface area (Å²) in [7, 11) is -9.98. The molecule has 0 aliphatic carbocycles. The first-order valence-electron chi connectivity index (χ1n) is 39.8. The number of aliphatic hydroxyl groups excluding tert-OH is 1. The SMILES string of the molecule is CCC=CCC=CCC=CCC=CCCCCCCC(=O)OCC(COP(=O)(O)OCC(O)COP(=O)(O)OCC(COC(=O)CCCCCCCC=CCC=CCCCCC)OC(=O)CCCCCCCCCCCCCCC)OC(=O)CCCC=CCC=CCC=CCC=CCCCCC. The van der Waals surface area contributed by atoms with E-state index in [1.807, 2.05) is 12.2 Å². The van der Waals surface area contributed by atoms with E-state index in [9.17, 15) is 43.2 Å². The maximum atomic E-state index is 13.1. The van der Waals surface area contributed by atoms with Gasteiger partial charge in [0.05, 0.1) is 26.4 Å². The highest BCUT2D eigenvalue weighted by molar-refractivity contribution is 7.47. The summed E-state index contributed by atoms with van der Waals surface area (Å²) in [6, 6.07) is 0. The normalized spacial score (nSPS) is 14.5. The van der Waals surface area contributed by atoms with Gasteiger partial charge in [0.2, 0.25) is 0 Å². The zero-order chi connectivity index (χ0) is 74.6. The van der Waals surface area contributed by atoms with Gasteiger partial charge in [-0.05, 0) is 135 Å². The molecule has 0 fully saturated rings. The minimum Gasteiger partial charge on any atom is -0.462 e. The number of phosphoric acid groups is 2. The van der Waals surface area contributed by atoms with Crippen molar-refractivity contribution in [1.82, 2.24) is 0 Å². The summed E-state index contributed by atoms with van der Waals surface area (Å²) in [6.07, 6.45) is 81.8. The van der Waals surface area contributed by atoms with Crippen molar-refractivity contribution < 1.29 is 80.2 Å². The van der Waals surface area contributed by atoms with Crippen LogP contribution in [0.3, 0.4) is 0 Å². The van der Waals surface area contributed by atoms with Crippen LogP contribution >= 0.6 is 15.6 Å². The molecule has 0 amide bonds. The molecule has 0 radical (unpaired) electrons. The van der Waals surface area contributed by atoms with Crippen molar-refractivity contribution >= 4 is 39.5 Å². The average Bonchev–Trinajstić information content (AvgIpc) is 0.959. The molecular formula is C83H142O17P2. The first-order valence-corrected chi connectivity index (χ1v) is 42.8. The average molecular weight is 1470 g/mol. The summed E-state index contributed by atoms with van der Waals surface area (Å²) in [5, 5.41) is 10.6. The predicted molar refractivity (Wildman–Crippen MR) is 418 cm³/mol. The highest BCUT2D eigenvalue weighted by atomic mass is 31.2. The Hall–Kier alpha value is -4.54. The maximum Gasteiger partial charge on any atom is 0.472 e. The Labute approximate surface area is 619 Å². The number of phosphoric ester groups is 2. The van der Waals surface area contributed by atoms with E-state index >= 15 is 0 Å². The molecule has 102 heavy (non-hydrogen) atoms. The number of esters is 4. The summed E-state index contributed by atoms with van der Waals surface area (Å²) in [4.78, 5) is 73.0. The van der Waals surface area contributed by atoms with Crippen LogP contribution in [0.25, 0.3) is 0 Å². The van der Waals surface area contributed by atoms with Gasteiger partial charge in [-0.1, -0.05) is 284 Å². The zero-order valence-corrected chi connectivity index (χ0v) is 65.8. The van der Waals surface area contributed by atoms with Crippen molar-refractivity contribution in [3.8, 4) is 0 Å². The third kappa shape index (κ3) is 73.8. The smallest absolute Gasteiger partial charge is 0.462 e. The Morgan fingerprint density at radius 3 is 0.843 bits per heavy atom. The number of unbranched alkanes of at least 4 members (excludes halogenated alkanes) is 28. The van der Waals surface area contributed by atoms with Crippen LogP contribution in [0, 0.1) is 0 Å². The highest BCUT2D eigenvalue weighted by Crippen LogP contribution is 2.45. The van der Waals surface area contributed by atoms with Crippen LogP contribution in [0.15, 0.2) is 122 Å². The summed E-state index contributed by atoms with van der Waals surface area (Å²) in [6.45, 7) is 4.62. The molecule has 0 spiro atoms. The van der Waals surface area contributed by atoms with Crippen LogP contribution in [0.4, 0.5) is 0 Å². The summed E-state index contributed by atoms with van der Waals surface area (Å²) < 4.78 is 68.5. The van der Waals surface area contributed by atoms with Crippen LogP contribution in [0.5, 0.6) is 0 Å². The molecular weight excluding hydrogens is 1330 g/mol. The van der Waals surface area contributed by atoms with Gasteiger partial charge in [-0.2, -0.15) is 0 Å². The Bertz CT molecular complexity index is 2410. The molecule has 17 nitrogen and oxygen atoms in total. The Balaban J connectivity index is 5.44. The molecule has 0 rings (SSSR count). The van der Waals surface area contributed by atoms with E-state index in [0.717, 1.165) is 148 Å². The van der Waals surface area contributed by atoms with Gasteiger partial charge in [0.15, 0.2) is 12.2 Å². The molecule has 0 saturated heterocycles. The molecule has 5 atom stereocenters.